The van der Waals surface area contributed by atoms with E-state index in [4.69, 9.17) is 10.5 Å². The number of ether oxygens (including phenoxy) is 1. The Bertz CT molecular complexity index is 482. The highest BCUT2D eigenvalue weighted by molar-refractivity contribution is 7.10. The van der Waals surface area contributed by atoms with Gasteiger partial charge >= 0.3 is 0 Å². The van der Waals surface area contributed by atoms with Crippen LogP contribution in [0.2, 0.25) is 0 Å². The first kappa shape index (κ1) is 12.1. The van der Waals surface area contributed by atoms with Gasteiger partial charge in [0.1, 0.15) is 5.75 Å². The molecule has 0 saturated carbocycles. The minimum absolute atomic E-state index is 0.0432. The quantitative estimate of drug-likeness (QED) is 0.902. The molecule has 2 rings (SSSR count). The van der Waals surface area contributed by atoms with Crippen molar-refractivity contribution in [2.45, 2.75) is 19.9 Å². The average molecular weight is 247 g/mol. The minimum Gasteiger partial charge on any atom is -0.496 e. The summed E-state index contributed by atoms with van der Waals surface area (Å²) in [4.78, 5) is 1.19. The SMILES string of the molecule is COc1c(C)cc([C@@H](N)c2cccs2)cc1C. The molecule has 0 aliphatic heterocycles. The number of rotatable bonds is 3. The Balaban J connectivity index is 2.40. The molecule has 0 amide bonds. The molecule has 0 aliphatic rings. The molecule has 0 aliphatic carbocycles. The largest absolute Gasteiger partial charge is 0.496 e. The summed E-state index contributed by atoms with van der Waals surface area (Å²) in [7, 11) is 1.70. The molecule has 0 radical (unpaired) electrons. The lowest BCUT2D eigenvalue weighted by Crippen LogP contribution is -2.11. The van der Waals surface area contributed by atoms with Crippen molar-refractivity contribution in [2.24, 2.45) is 5.73 Å². The van der Waals surface area contributed by atoms with Crippen LogP contribution in [-0.2, 0) is 0 Å². The van der Waals surface area contributed by atoms with E-state index in [9.17, 15) is 0 Å². The second-order valence-electron chi connectivity index (χ2n) is 4.18. The summed E-state index contributed by atoms with van der Waals surface area (Å²) in [6, 6.07) is 8.28. The number of nitrogens with two attached hydrogens (primary N) is 1. The van der Waals surface area contributed by atoms with E-state index < -0.39 is 0 Å². The lowest BCUT2D eigenvalue weighted by Gasteiger charge is -2.15. The van der Waals surface area contributed by atoms with Crippen molar-refractivity contribution in [3.8, 4) is 5.75 Å². The average Bonchev–Trinajstić information content (AvgIpc) is 2.81. The number of hydrogen-bond acceptors (Lipinski definition) is 3. The maximum Gasteiger partial charge on any atom is 0.124 e. The van der Waals surface area contributed by atoms with Crippen molar-refractivity contribution in [3.05, 3.63) is 51.2 Å². The molecular formula is C14H17NOS. The Morgan fingerprint density at radius 2 is 1.88 bits per heavy atom. The Labute approximate surface area is 106 Å². The van der Waals surface area contributed by atoms with Gasteiger partial charge in [0.15, 0.2) is 0 Å². The molecule has 2 aromatic rings. The predicted molar refractivity (Wildman–Crippen MR) is 72.8 cm³/mol. The number of hydrogen-bond donors (Lipinski definition) is 1. The van der Waals surface area contributed by atoms with Gasteiger partial charge in [-0.3, -0.25) is 0 Å². The first-order valence-electron chi connectivity index (χ1n) is 5.57. The van der Waals surface area contributed by atoms with Gasteiger partial charge in [0.2, 0.25) is 0 Å². The van der Waals surface area contributed by atoms with E-state index in [1.165, 1.54) is 4.88 Å². The second kappa shape index (κ2) is 4.90. The molecule has 1 aromatic heterocycles. The summed E-state index contributed by atoms with van der Waals surface area (Å²) < 4.78 is 5.36. The third-order valence-corrected chi connectivity index (χ3v) is 3.85. The summed E-state index contributed by atoms with van der Waals surface area (Å²) in [5.41, 5.74) is 9.67. The highest BCUT2D eigenvalue weighted by Gasteiger charge is 2.13. The molecule has 2 N–H and O–H groups in total. The minimum atomic E-state index is -0.0432. The maximum atomic E-state index is 6.26. The smallest absolute Gasteiger partial charge is 0.124 e. The number of methoxy groups -OCH3 is 1. The van der Waals surface area contributed by atoms with Gasteiger partial charge < -0.3 is 10.5 Å². The number of thiophene rings is 1. The monoisotopic (exact) mass is 247 g/mol. The molecule has 2 nitrogen and oxygen atoms in total. The van der Waals surface area contributed by atoms with E-state index in [0.717, 1.165) is 22.4 Å². The Morgan fingerprint density at radius 1 is 1.24 bits per heavy atom. The summed E-state index contributed by atoms with van der Waals surface area (Å²) in [5.74, 6) is 0.951. The molecule has 90 valence electrons. The van der Waals surface area contributed by atoms with Crippen LogP contribution in [0, 0.1) is 13.8 Å². The third-order valence-electron chi connectivity index (χ3n) is 2.90. The molecule has 1 atom stereocenters. The van der Waals surface area contributed by atoms with Gasteiger partial charge in [-0.15, -0.1) is 11.3 Å². The van der Waals surface area contributed by atoms with Gasteiger partial charge in [-0.2, -0.15) is 0 Å². The molecule has 0 spiro atoms. The number of aryl methyl sites for hydroxylation is 2. The third kappa shape index (κ3) is 2.35. The fourth-order valence-electron chi connectivity index (χ4n) is 2.12. The Morgan fingerprint density at radius 3 is 2.35 bits per heavy atom. The summed E-state index contributed by atoms with van der Waals surface area (Å²) in [5, 5.41) is 2.05. The van der Waals surface area contributed by atoms with Crippen LogP contribution in [0.4, 0.5) is 0 Å². The van der Waals surface area contributed by atoms with E-state index in [2.05, 4.69) is 37.4 Å². The molecule has 1 aromatic carbocycles. The normalized spacial score (nSPS) is 12.5. The van der Waals surface area contributed by atoms with E-state index in [1.54, 1.807) is 18.4 Å². The van der Waals surface area contributed by atoms with Crippen LogP contribution in [0.15, 0.2) is 29.6 Å². The van der Waals surface area contributed by atoms with Crippen molar-refractivity contribution >= 4 is 11.3 Å². The molecule has 0 fully saturated rings. The zero-order valence-electron chi connectivity index (χ0n) is 10.4. The molecule has 0 unspecified atom stereocenters. The lowest BCUT2D eigenvalue weighted by atomic mass is 10.00. The molecule has 0 saturated heterocycles. The van der Waals surface area contributed by atoms with Crippen LogP contribution in [-0.4, -0.2) is 7.11 Å². The highest BCUT2D eigenvalue weighted by Crippen LogP contribution is 2.30. The van der Waals surface area contributed by atoms with Crippen LogP contribution in [0.3, 0.4) is 0 Å². The number of benzene rings is 1. The second-order valence-corrected chi connectivity index (χ2v) is 5.16. The van der Waals surface area contributed by atoms with E-state index in [-0.39, 0.29) is 6.04 Å². The van der Waals surface area contributed by atoms with Crippen LogP contribution < -0.4 is 10.5 Å². The summed E-state index contributed by atoms with van der Waals surface area (Å²) >= 11 is 1.69. The van der Waals surface area contributed by atoms with Gasteiger partial charge in [0, 0.05) is 4.88 Å². The maximum absolute atomic E-state index is 6.26. The van der Waals surface area contributed by atoms with Gasteiger partial charge in [-0.05, 0) is 42.0 Å². The van der Waals surface area contributed by atoms with Crippen LogP contribution in [0.25, 0.3) is 0 Å². The zero-order valence-corrected chi connectivity index (χ0v) is 11.2. The van der Waals surface area contributed by atoms with Gasteiger partial charge in [-0.1, -0.05) is 18.2 Å². The Hall–Kier alpha value is -1.32. The molecule has 3 heteroatoms. The van der Waals surface area contributed by atoms with E-state index in [0.29, 0.717) is 0 Å². The standard InChI is InChI=1S/C14H17NOS/c1-9-7-11(8-10(2)14(9)16-3)13(15)12-5-4-6-17-12/h4-8,13H,15H2,1-3H3/t13-/m1/s1. The van der Waals surface area contributed by atoms with Crippen molar-refractivity contribution in [2.75, 3.05) is 7.11 Å². The van der Waals surface area contributed by atoms with Gasteiger partial charge in [0.05, 0.1) is 13.2 Å². The van der Waals surface area contributed by atoms with Crippen molar-refractivity contribution in [1.82, 2.24) is 0 Å². The first-order valence-corrected chi connectivity index (χ1v) is 6.45. The van der Waals surface area contributed by atoms with Crippen LogP contribution >= 0.6 is 11.3 Å². The summed E-state index contributed by atoms with van der Waals surface area (Å²) in [6.45, 7) is 4.10. The van der Waals surface area contributed by atoms with Crippen LogP contribution in [0.1, 0.15) is 27.6 Å². The fraction of sp³-hybridized carbons (Fsp3) is 0.286. The topological polar surface area (TPSA) is 35.2 Å². The zero-order chi connectivity index (χ0) is 12.4. The van der Waals surface area contributed by atoms with Crippen molar-refractivity contribution < 1.29 is 4.74 Å². The Kier molecular flexibility index (Phi) is 3.50. The van der Waals surface area contributed by atoms with Gasteiger partial charge in [-0.25, -0.2) is 0 Å². The predicted octanol–water partition coefficient (Wildman–Crippen LogP) is 3.42. The summed E-state index contributed by atoms with van der Waals surface area (Å²) in [6.07, 6.45) is 0. The lowest BCUT2D eigenvalue weighted by molar-refractivity contribution is 0.408. The fourth-order valence-corrected chi connectivity index (χ4v) is 2.87. The van der Waals surface area contributed by atoms with Gasteiger partial charge in [0.25, 0.3) is 0 Å². The molecule has 0 bridgehead atoms. The highest BCUT2D eigenvalue weighted by atomic mass is 32.1. The molecule has 1 heterocycles. The van der Waals surface area contributed by atoms with E-state index in [1.807, 2.05) is 6.07 Å². The van der Waals surface area contributed by atoms with E-state index >= 15 is 0 Å². The molecular weight excluding hydrogens is 230 g/mol. The molecule has 17 heavy (non-hydrogen) atoms. The van der Waals surface area contributed by atoms with Crippen molar-refractivity contribution in [1.29, 1.82) is 0 Å². The first-order chi connectivity index (χ1) is 8.13. The van der Waals surface area contributed by atoms with Crippen LogP contribution in [0.5, 0.6) is 5.75 Å². The van der Waals surface area contributed by atoms with Crippen molar-refractivity contribution in [3.63, 3.8) is 0 Å².